The van der Waals surface area contributed by atoms with Gasteiger partial charge in [0.25, 0.3) is 0 Å². The van der Waals surface area contributed by atoms with E-state index in [2.05, 4.69) is 42.0 Å². The Morgan fingerprint density at radius 2 is 1.88 bits per heavy atom. The lowest BCUT2D eigenvalue weighted by Gasteiger charge is -2.16. The largest absolute Gasteiger partial charge is 0.355 e. The monoisotopic (exact) mass is 291 g/mol. The Labute approximate surface area is 109 Å². The number of hydrogen-bond donors (Lipinski definition) is 1. The van der Waals surface area contributed by atoms with Crippen LogP contribution in [-0.4, -0.2) is 17.3 Å². The number of unbranched alkanes of at least 4 members (excludes halogenated alkanes) is 1. The molecule has 0 aromatic heterocycles. The van der Waals surface area contributed by atoms with Crippen molar-refractivity contribution in [3.05, 3.63) is 0 Å². The zero-order valence-electron chi connectivity index (χ0n) is 10.9. The van der Waals surface area contributed by atoms with E-state index in [1.54, 1.807) is 0 Å². The van der Waals surface area contributed by atoms with Crippen LogP contribution < -0.4 is 5.32 Å². The van der Waals surface area contributed by atoms with Gasteiger partial charge in [-0.25, -0.2) is 0 Å². The van der Waals surface area contributed by atoms with E-state index in [9.17, 15) is 4.79 Å². The van der Waals surface area contributed by atoms with Gasteiger partial charge in [-0.05, 0) is 19.3 Å². The Balaban J connectivity index is 3.82. The fourth-order valence-corrected chi connectivity index (χ4v) is 2.36. The van der Waals surface area contributed by atoms with Crippen LogP contribution in [0.25, 0.3) is 0 Å². The van der Waals surface area contributed by atoms with E-state index in [-0.39, 0.29) is 11.8 Å². The van der Waals surface area contributed by atoms with Crippen molar-refractivity contribution in [3.63, 3.8) is 0 Å². The number of amides is 1. The summed E-state index contributed by atoms with van der Waals surface area (Å²) in [7, 11) is 0. The summed E-state index contributed by atoms with van der Waals surface area (Å²) in [6, 6.07) is 0. The molecule has 1 amide bonds. The van der Waals surface area contributed by atoms with Crippen molar-refractivity contribution in [1.82, 2.24) is 5.32 Å². The van der Waals surface area contributed by atoms with Gasteiger partial charge >= 0.3 is 0 Å². The predicted molar refractivity (Wildman–Crippen MR) is 73.9 cm³/mol. The summed E-state index contributed by atoms with van der Waals surface area (Å²) in [5.41, 5.74) is 0. The van der Waals surface area contributed by atoms with E-state index in [1.165, 1.54) is 6.42 Å². The van der Waals surface area contributed by atoms with Crippen molar-refractivity contribution in [2.45, 2.75) is 64.1 Å². The van der Waals surface area contributed by atoms with Gasteiger partial charge in [-0.3, -0.25) is 4.79 Å². The lowest BCUT2D eigenvalue weighted by atomic mass is 9.98. The fraction of sp³-hybridized carbons (Fsp3) is 0.923. The van der Waals surface area contributed by atoms with Crippen LogP contribution in [0.1, 0.15) is 59.3 Å². The number of hydrogen-bond acceptors (Lipinski definition) is 1. The Morgan fingerprint density at radius 3 is 2.38 bits per heavy atom. The molecule has 0 saturated carbocycles. The molecule has 2 unspecified atom stereocenters. The lowest BCUT2D eigenvalue weighted by molar-refractivity contribution is -0.125. The second kappa shape index (κ2) is 10.1. The predicted octanol–water partition coefficient (Wildman–Crippen LogP) is 3.88. The zero-order chi connectivity index (χ0) is 12.4. The Bertz CT molecular complexity index is 185. The van der Waals surface area contributed by atoms with Gasteiger partial charge in [-0.1, -0.05) is 56.0 Å². The summed E-state index contributed by atoms with van der Waals surface area (Å²) in [5, 5.41) is 3.04. The first-order valence-corrected chi connectivity index (χ1v) is 7.48. The summed E-state index contributed by atoms with van der Waals surface area (Å²) in [4.78, 5) is 12.3. The van der Waals surface area contributed by atoms with Gasteiger partial charge in [0, 0.05) is 17.3 Å². The van der Waals surface area contributed by atoms with Gasteiger partial charge in [0.05, 0.1) is 0 Å². The number of carbonyl (C=O) groups is 1. The number of alkyl halides is 1. The van der Waals surface area contributed by atoms with Crippen LogP contribution in [-0.2, 0) is 4.79 Å². The first-order valence-electron chi connectivity index (χ1n) is 6.57. The number of halogens is 1. The van der Waals surface area contributed by atoms with Crippen LogP contribution >= 0.6 is 15.9 Å². The Hall–Kier alpha value is -0.0500. The van der Waals surface area contributed by atoms with E-state index in [4.69, 9.17) is 0 Å². The van der Waals surface area contributed by atoms with Gasteiger partial charge in [0.1, 0.15) is 0 Å². The molecule has 0 rings (SSSR count). The number of nitrogens with one attached hydrogen (secondary N) is 1. The molecule has 0 bridgehead atoms. The average molecular weight is 292 g/mol. The molecule has 0 aromatic carbocycles. The minimum Gasteiger partial charge on any atom is -0.355 e. The van der Waals surface area contributed by atoms with Crippen molar-refractivity contribution < 1.29 is 4.79 Å². The number of rotatable bonds is 9. The van der Waals surface area contributed by atoms with E-state index in [1.807, 2.05) is 0 Å². The van der Waals surface area contributed by atoms with Crippen molar-refractivity contribution >= 4 is 21.8 Å². The molecule has 96 valence electrons. The highest BCUT2D eigenvalue weighted by atomic mass is 79.9. The first kappa shape index (κ1) is 16.0. The molecule has 2 nitrogen and oxygen atoms in total. The van der Waals surface area contributed by atoms with Crippen molar-refractivity contribution in [3.8, 4) is 0 Å². The third-order valence-corrected chi connectivity index (χ3v) is 3.65. The normalized spacial score (nSPS) is 14.5. The first-order chi connectivity index (χ1) is 7.65. The van der Waals surface area contributed by atoms with Crippen LogP contribution in [0.5, 0.6) is 0 Å². The highest BCUT2D eigenvalue weighted by molar-refractivity contribution is 9.09. The SMILES string of the molecule is CCCCC(CC)C(=O)NCC(Br)CCC. The van der Waals surface area contributed by atoms with Crippen molar-refractivity contribution in [2.75, 3.05) is 6.54 Å². The summed E-state index contributed by atoms with van der Waals surface area (Å²) < 4.78 is 0. The minimum atomic E-state index is 0.210. The van der Waals surface area contributed by atoms with Gasteiger partial charge in [-0.2, -0.15) is 0 Å². The second-order valence-corrected chi connectivity index (χ2v) is 5.67. The van der Waals surface area contributed by atoms with Crippen molar-refractivity contribution in [1.29, 1.82) is 0 Å². The molecule has 0 heterocycles. The van der Waals surface area contributed by atoms with Gasteiger partial charge in [0.2, 0.25) is 5.91 Å². The molecule has 2 atom stereocenters. The van der Waals surface area contributed by atoms with Crippen molar-refractivity contribution in [2.24, 2.45) is 5.92 Å². The van der Waals surface area contributed by atoms with Gasteiger partial charge in [0.15, 0.2) is 0 Å². The summed E-state index contributed by atoms with van der Waals surface area (Å²) in [6.07, 6.45) is 6.57. The van der Waals surface area contributed by atoms with Crippen LogP contribution in [0.15, 0.2) is 0 Å². The standard InChI is InChI=1S/C13H26BrNO/c1-4-7-9-11(6-3)13(16)15-10-12(14)8-5-2/h11-12H,4-10H2,1-3H3,(H,15,16). The van der Waals surface area contributed by atoms with E-state index in [0.29, 0.717) is 4.83 Å². The maximum Gasteiger partial charge on any atom is 0.223 e. The molecule has 0 aliphatic heterocycles. The van der Waals surface area contributed by atoms with Crippen LogP contribution in [0.3, 0.4) is 0 Å². The highest BCUT2D eigenvalue weighted by Crippen LogP contribution is 2.13. The van der Waals surface area contributed by atoms with E-state index < -0.39 is 0 Å². The zero-order valence-corrected chi connectivity index (χ0v) is 12.5. The molecule has 1 N–H and O–H groups in total. The Morgan fingerprint density at radius 1 is 1.19 bits per heavy atom. The fourth-order valence-electron chi connectivity index (χ4n) is 1.74. The lowest BCUT2D eigenvalue weighted by Crippen LogP contribution is -2.34. The maximum absolute atomic E-state index is 11.9. The second-order valence-electron chi connectivity index (χ2n) is 4.38. The van der Waals surface area contributed by atoms with E-state index in [0.717, 1.165) is 38.6 Å². The summed E-state index contributed by atoms with van der Waals surface area (Å²) in [6.45, 7) is 7.18. The topological polar surface area (TPSA) is 29.1 Å². The minimum absolute atomic E-state index is 0.210. The van der Waals surface area contributed by atoms with E-state index >= 15 is 0 Å². The molecule has 0 spiro atoms. The van der Waals surface area contributed by atoms with Crippen LogP contribution in [0.2, 0.25) is 0 Å². The van der Waals surface area contributed by atoms with Crippen LogP contribution in [0, 0.1) is 5.92 Å². The molecular formula is C13H26BrNO. The van der Waals surface area contributed by atoms with Gasteiger partial charge < -0.3 is 5.32 Å². The quantitative estimate of drug-likeness (QED) is 0.642. The molecule has 0 aliphatic rings. The third-order valence-electron chi connectivity index (χ3n) is 2.87. The molecule has 3 heteroatoms. The summed E-state index contributed by atoms with van der Waals surface area (Å²) in [5.74, 6) is 0.442. The van der Waals surface area contributed by atoms with Gasteiger partial charge in [-0.15, -0.1) is 0 Å². The molecule has 0 aliphatic carbocycles. The smallest absolute Gasteiger partial charge is 0.223 e. The molecule has 0 fully saturated rings. The average Bonchev–Trinajstić information content (AvgIpc) is 2.28. The molecule has 0 radical (unpaired) electrons. The molecular weight excluding hydrogens is 266 g/mol. The molecule has 16 heavy (non-hydrogen) atoms. The third kappa shape index (κ3) is 7.26. The maximum atomic E-state index is 11.9. The highest BCUT2D eigenvalue weighted by Gasteiger charge is 2.16. The molecule has 0 aromatic rings. The summed E-state index contributed by atoms with van der Waals surface area (Å²) >= 11 is 3.58. The van der Waals surface area contributed by atoms with Crippen LogP contribution in [0.4, 0.5) is 0 Å². The number of carbonyl (C=O) groups excluding carboxylic acids is 1. The Kier molecular flexibility index (Phi) is 10.1. The molecule has 0 saturated heterocycles.